The van der Waals surface area contributed by atoms with Crippen LogP contribution in [-0.4, -0.2) is 16.1 Å². The normalized spacial score (nSPS) is 10.2. The standard InChI is InChI=1S/C17H12BrFN2O2S.BrH/c18-11-3-7-13(8-4-11)20-17-21-16(14(24-17)9-15(22)23)10-1-5-12(19)6-2-10;/h1-8H,9H2,(H,20,21)(H,22,23);1H. The molecule has 0 bridgehead atoms. The van der Waals surface area contributed by atoms with Crippen molar-refractivity contribution in [2.75, 3.05) is 5.32 Å². The van der Waals surface area contributed by atoms with Crippen LogP contribution in [0.15, 0.2) is 53.0 Å². The lowest BCUT2D eigenvalue weighted by Crippen LogP contribution is -1.99. The van der Waals surface area contributed by atoms with Crippen LogP contribution in [0.2, 0.25) is 0 Å². The lowest BCUT2D eigenvalue weighted by atomic mass is 10.1. The number of anilines is 2. The number of rotatable bonds is 5. The second-order valence-corrected chi connectivity index (χ2v) is 7.00. The van der Waals surface area contributed by atoms with Gasteiger partial charge in [0.2, 0.25) is 0 Å². The summed E-state index contributed by atoms with van der Waals surface area (Å²) in [6.45, 7) is 0. The van der Waals surface area contributed by atoms with Gasteiger partial charge in [0.05, 0.1) is 12.1 Å². The van der Waals surface area contributed by atoms with Gasteiger partial charge in [0.15, 0.2) is 5.13 Å². The molecule has 0 amide bonds. The van der Waals surface area contributed by atoms with E-state index in [9.17, 15) is 9.18 Å². The average Bonchev–Trinajstić information content (AvgIpc) is 2.92. The first-order valence-corrected chi connectivity index (χ1v) is 8.62. The summed E-state index contributed by atoms with van der Waals surface area (Å²) < 4.78 is 14.1. The molecule has 0 unspecified atom stereocenters. The van der Waals surface area contributed by atoms with Crippen molar-refractivity contribution in [2.45, 2.75) is 6.42 Å². The quantitative estimate of drug-likeness (QED) is 0.487. The van der Waals surface area contributed by atoms with Gasteiger partial charge in [-0.15, -0.1) is 28.3 Å². The van der Waals surface area contributed by atoms with E-state index < -0.39 is 5.97 Å². The Hall–Kier alpha value is -1.77. The Bertz CT molecular complexity index is 867. The van der Waals surface area contributed by atoms with Crippen molar-refractivity contribution >= 4 is 61.0 Å². The number of nitrogens with one attached hydrogen (secondary N) is 1. The molecule has 8 heteroatoms. The number of carbonyl (C=O) groups is 1. The van der Waals surface area contributed by atoms with E-state index in [4.69, 9.17) is 5.11 Å². The van der Waals surface area contributed by atoms with Crippen LogP contribution >= 0.6 is 44.2 Å². The highest BCUT2D eigenvalue weighted by Crippen LogP contribution is 2.33. The third-order valence-corrected chi connectivity index (χ3v) is 4.72. The molecule has 2 N–H and O–H groups in total. The van der Waals surface area contributed by atoms with Crippen LogP contribution in [0.1, 0.15) is 4.88 Å². The van der Waals surface area contributed by atoms with Crippen LogP contribution in [0.3, 0.4) is 0 Å². The molecule has 0 spiro atoms. The molecular formula is C17H13Br2FN2O2S. The fourth-order valence-electron chi connectivity index (χ4n) is 2.15. The van der Waals surface area contributed by atoms with E-state index in [1.807, 2.05) is 24.3 Å². The molecule has 2 aromatic carbocycles. The number of aliphatic carboxylic acids is 1. The van der Waals surface area contributed by atoms with E-state index in [-0.39, 0.29) is 29.2 Å². The first-order chi connectivity index (χ1) is 11.5. The van der Waals surface area contributed by atoms with Crippen molar-refractivity contribution in [1.82, 2.24) is 4.98 Å². The van der Waals surface area contributed by atoms with Gasteiger partial charge in [-0.25, -0.2) is 9.37 Å². The molecule has 25 heavy (non-hydrogen) atoms. The van der Waals surface area contributed by atoms with Crippen LogP contribution in [0.25, 0.3) is 11.3 Å². The molecule has 4 nitrogen and oxygen atoms in total. The molecule has 0 radical (unpaired) electrons. The van der Waals surface area contributed by atoms with Crippen molar-refractivity contribution in [3.8, 4) is 11.3 Å². The molecule has 1 heterocycles. The number of aromatic nitrogens is 1. The third-order valence-electron chi connectivity index (χ3n) is 3.22. The summed E-state index contributed by atoms with van der Waals surface area (Å²) in [4.78, 5) is 16.2. The molecule has 0 saturated carbocycles. The number of benzene rings is 2. The molecule has 130 valence electrons. The second kappa shape index (κ2) is 8.55. The van der Waals surface area contributed by atoms with Gasteiger partial charge in [0.25, 0.3) is 0 Å². The van der Waals surface area contributed by atoms with E-state index in [2.05, 4.69) is 26.2 Å². The molecule has 0 aliphatic heterocycles. The zero-order chi connectivity index (χ0) is 17.1. The third kappa shape index (κ3) is 5.10. The van der Waals surface area contributed by atoms with Gasteiger partial charge < -0.3 is 10.4 Å². The number of carboxylic acids is 1. The smallest absolute Gasteiger partial charge is 0.308 e. The van der Waals surface area contributed by atoms with Crippen LogP contribution < -0.4 is 5.32 Å². The molecule has 0 atom stereocenters. The van der Waals surface area contributed by atoms with Gasteiger partial charge in [-0.2, -0.15) is 0 Å². The van der Waals surface area contributed by atoms with Crippen LogP contribution in [0, 0.1) is 5.82 Å². The summed E-state index contributed by atoms with van der Waals surface area (Å²) in [5.74, 6) is -1.28. The van der Waals surface area contributed by atoms with E-state index >= 15 is 0 Å². The monoisotopic (exact) mass is 486 g/mol. The van der Waals surface area contributed by atoms with Gasteiger partial charge >= 0.3 is 5.97 Å². The van der Waals surface area contributed by atoms with E-state index in [0.717, 1.165) is 10.2 Å². The van der Waals surface area contributed by atoms with E-state index in [1.165, 1.54) is 23.5 Å². The second-order valence-electron chi connectivity index (χ2n) is 5.00. The average molecular weight is 488 g/mol. The van der Waals surface area contributed by atoms with E-state index in [1.54, 1.807) is 12.1 Å². The fraction of sp³-hybridized carbons (Fsp3) is 0.0588. The lowest BCUT2D eigenvalue weighted by molar-refractivity contribution is -0.136. The van der Waals surface area contributed by atoms with Gasteiger partial charge in [-0.1, -0.05) is 15.9 Å². The van der Waals surface area contributed by atoms with Crippen molar-refractivity contribution in [3.05, 3.63) is 63.7 Å². The van der Waals surface area contributed by atoms with Gasteiger partial charge in [0.1, 0.15) is 5.82 Å². The van der Waals surface area contributed by atoms with Crippen LogP contribution in [0.4, 0.5) is 15.2 Å². The minimum Gasteiger partial charge on any atom is -0.481 e. The summed E-state index contributed by atoms with van der Waals surface area (Å²) in [7, 11) is 0. The summed E-state index contributed by atoms with van der Waals surface area (Å²) in [6, 6.07) is 13.4. The summed E-state index contributed by atoms with van der Waals surface area (Å²) in [5, 5.41) is 12.9. The summed E-state index contributed by atoms with van der Waals surface area (Å²) in [6.07, 6.45) is -0.133. The minimum atomic E-state index is -0.933. The summed E-state index contributed by atoms with van der Waals surface area (Å²) in [5.41, 5.74) is 2.09. The molecule has 0 aliphatic carbocycles. The highest BCUT2D eigenvalue weighted by molar-refractivity contribution is 9.10. The number of carboxylic acid groups (broad SMARTS) is 1. The SMILES string of the molecule is Br.O=C(O)Cc1sc(Nc2ccc(Br)cc2)nc1-c1ccc(F)cc1. The predicted molar refractivity (Wildman–Crippen MR) is 107 cm³/mol. The lowest BCUT2D eigenvalue weighted by Gasteiger charge is -2.02. The van der Waals surface area contributed by atoms with E-state index in [0.29, 0.717) is 21.3 Å². The molecular weight excluding hydrogens is 475 g/mol. The Morgan fingerprint density at radius 1 is 1.16 bits per heavy atom. The van der Waals surface area contributed by atoms with Crippen LogP contribution in [0.5, 0.6) is 0 Å². The van der Waals surface area contributed by atoms with Crippen molar-refractivity contribution in [2.24, 2.45) is 0 Å². The molecule has 0 aliphatic rings. The molecule has 3 rings (SSSR count). The number of hydrogen-bond donors (Lipinski definition) is 2. The van der Waals surface area contributed by atoms with Crippen LogP contribution in [-0.2, 0) is 11.2 Å². The van der Waals surface area contributed by atoms with Gasteiger partial charge in [0, 0.05) is 20.6 Å². The first kappa shape index (κ1) is 19.6. The Morgan fingerprint density at radius 2 is 1.80 bits per heavy atom. The van der Waals surface area contributed by atoms with Gasteiger partial charge in [-0.05, 0) is 48.5 Å². The molecule has 0 fully saturated rings. The number of halogens is 3. The van der Waals surface area contributed by atoms with Crippen molar-refractivity contribution in [1.29, 1.82) is 0 Å². The van der Waals surface area contributed by atoms with Gasteiger partial charge in [-0.3, -0.25) is 4.79 Å². The molecule has 1 aromatic heterocycles. The highest BCUT2D eigenvalue weighted by Gasteiger charge is 2.16. The number of thiazole rings is 1. The largest absolute Gasteiger partial charge is 0.481 e. The summed E-state index contributed by atoms with van der Waals surface area (Å²) >= 11 is 4.65. The zero-order valence-corrected chi connectivity index (χ0v) is 16.8. The maximum absolute atomic E-state index is 13.1. The van der Waals surface area contributed by atoms with Crippen molar-refractivity contribution < 1.29 is 14.3 Å². The Kier molecular flexibility index (Phi) is 6.69. The Balaban J connectivity index is 0.00000225. The van der Waals surface area contributed by atoms with Crippen molar-refractivity contribution in [3.63, 3.8) is 0 Å². The molecule has 3 aromatic rings. The predicted octanol–water partition coefficient (Wildman–Crippen LogP) is 5.66. The number of hydrogen-bond acceptors (Lipinski definition) is 4. The number of nitrogens with zero attached hydrogens (tertiary/aromatic N) is 1. The topological polar surface area (TPSA) is 62.2 Å². The Labute approximate surface area is 166 Å². The zero-order valence-electron chi connectivity index (χ0n) is 12.7. The minimum absolute atomic E-state index is 0. The maximum Gasteiger partial charge on any atom is 0.308 e. The highest BCUT2D eigenvalue weighted by atomic mass is 79.9. The Morgan fingerprint density at radius 3 is 2.40 bits per heavy atom. The first-order valence-electron chi connectivity index (χ1n) is 7.01. The molecule has 0 saturated heterocycles. The maximum atomic E-state index is 13.1. The fourth-order valence-corrected chi connectivity index (χ4v) is 3.41.